The zero-order valence-electron chi connectivity index (χ0n) is 15.4. The molecule has 1 atom stereocenters. The highest BCUT2D eigenvalue weighted by Crippen LogP contribution is 2.44. The Morgan fingerprint density at radius 2 is 1.93 bits per heavy atom. The fourth-order valence-electron chi connectivity index (χ4n) is 3.39. The smallest absolute Gasteiger partial charge is 0.264 e. The van der Waals surface area contributed by atoms with Crippen LogP contribution in [0.3, 0.4) is 0 Å². The normalized spacial score (nSPS) is 18.7. The standard InChI is InChI=1S/C22H22BrNO3/c1-4-11-24-19-10-9-17(23)12-18(19)22(27,21(24)26)13-20(25)16-7-5-15(6-8-16)14(2)3/h4-10,12,14,27H,1,11,13H2,2-3H3/t22-/m1/s1. The Bertz CT molecular complexity index is 904. The molecule has 5 heteroatoms. The maximum Gasteiger partial charge on any atom is 0.264 e. The van der Waals surface area contributed by atoms with Crippen molar-refractivity contribution in [3.05, 3.63) is 76.3 Å². The molecule has 0 fully saturated rings. The largest absolute Gasteiger partial charge is 0.375 e. The molecule has 1 N–H and O–H groups in total. The number of hydrogen-bond donors (Lipinski definition) is 1. The van der Waals surface area contributed by atoms with Gasteiger partial charge in [-0.15, -0.1) is 6.58 Å². The lowest BCUT2D eigenvalue weighted by atomic mass is 9.87. The lowest BCUT2D eigenvalue weighted by Crippen LogP contribution is -2.41. The van der Waals surface area contributed by atoms with Gasteiger partial charge >= 0.3 is 0 Å². The summed E-state index contributed by atoms with van der Waals surface area (Å²) >= 11 is 3.38. The lowest BCUT2D eigenvalue weighted by Gasteiger charge is -2.22. The van der Waals surface area contributed by atoms with Crippen molar-refractivity contribution >= 4 is 33.3 Å². The van der Waals surface area contributed by atoms with E-state index < -0.39 is 11.5 Å². The van der Waals surface area contributed by atoms with Crippen LogP contribution in [0.5, 0.6) is 0 Å². The number of benzene rings is 2. The van der Waals surface area contributed by atoms with Crippen molar-refractivity contribution in [2.75, 3.05) is 11.4 Å². The average molecular weight is 428 g/mol. The van der Waals surface area contributed by atoms with Crippen LogP contribution in [0.15, 0.2) is 59.6 Å². The number of halogens is 1. The van der Waals surface area contributed by atoms with Crippen LogP contribution in [-0.4, -0.2) is 23.3 Å². The first kappa shape index (κ1) is 19.5. The summed E-state index contributed by atoms with van der Waals surface area (Å²) in [4.78, 5) is 27.2. The number of carbonyl (C=O) groups excluding carboxylic acids is 2. The molecule has 4 nitrogen and oxygen atoms in total. The quantitative estimate of drug-likeness (QED) is 0.542. The fourth-order valence-corrected chi connectivity index (χ4v) is 3.75. The minimum Gasteiger partial charge on any atom is -0.375 e. The number of anilines is 1. The molecule has 27 heavy (non-hydrogen) atoms. The number of carbonyl (C=O) groups is 2. The van der Waals surface area contributed by atoms with Gasteiger partial charge in [-0.1, -0.05) is 60.1 Å². The molecule has 0 bridgehead atoms. The van der Waals surface area contributed by atoms with Gasteiger partial charge in [-0.3, -0.25) is 9.59 Å². The van der Waals surface area contributed by atoms with Gasteiger partial charge in [0.25, 0.3) is 5.91 Å². The molecule has 0 unspecified atom stereocenters. The second kappa shape index (κ2) is 7.41. The van der Waals surface area contributed by atoms with E-state index in [1.165, 1.54) is 4.90 Å². The van der Waals surface area contributed by atoms with E-state index >= 15 is 0 Å². The van der Waals surface area contributed by atoms with Crippen molar-refractivity contribution < 1.29 is 14.7 Å². The number of rotatable bonds is 6. The summed E-state index contributed by atoms with van der Waals surface area (Å²) < 4.78 is 0.738. The number of aliphatic hydroxyl groups is 1. The number of nitrogens with zero attached hydrogens (tertiary/aromatic N) is 1. The van der Waals surface area contributed by atoms with Gasteiger partial charge in [-0.25, -0.2) is 0 Å². The Morgan fingerprint density at radius 1 is 1.26 bits per heavy atom. The van der Waals surface area contributed by atoms with Gasteiger partial charge in [0.1, 0.15) is 0 Å². The molecular formula is C22H22BrNO3. The van der Waals surface area contributed by atoms with Crippen LogP contribution in [0.4, 0.5) is 5.69 Å². The van der Waals surface area contributed by atoms with Crippen LogP contribution in [0.25, 0.3) is 0 Å². The predicted octanol–water partition coefficient (Wildman–Crippen LogP) is 4.57. The Hall–Kier alpha value is -2.24. The Labute approximate surface area is 167 Å². The topological polar surface area (TPSA) is 57.6 Å². The maximum absolute atomic E-state index is 13.0. The summed E-state index contributed by atoms with van der Waals surface area (Å²) in [5, 5.41) is 11.2. The number of ketones is 1. The van der Waals surface area contributed by atoms with Gasteiger partial charge in [0, 0.05) is 22.1 Å². The van der Waals surface area contributed by atoms with Crippen molar-refractivity contribution in [2.24, 2.45) is 0 Å². The van der Waals surface area contributed by atoms with E-state index in [1.54, 1.807) is 36.4 Å². The van der Waals surface area contributed by atoms with Crippen LogP contribution in [0, 0.1) is 0 Å². The van der Waals surface area contributed by atoms with E-state index in [4.69, 9.17) is 0 Å². The van der Waals surface area contributed by atoms with Gasteiger partial charge in [-0.05, 0) is 29.7 Å². The molecule has 3 rings (SSSR count). The van der Waals surface area contributed by atoms with Crippen molar-refractivity contribution in [3.63, 3.8) is 0 Å². The minimum atomic E-state index is -1.88. The summed E-state index contributed by atoms with van der Waals surface area (Å²) in [7, 11) is 0. The summed E-state index contributed by atoms with van der Waals surface area (Å²) in [6.07, 6.45) is 1.30. The number of fused-ring (bicyclic) bond motifs is 1. The molecule has 0 spiro atoms. The highest BCUT2D eigenvalue weighted by atomic mass is 79.9. The average Bonchev–Trinajstić information content (AvgIpc) is 2.84. The summed E-state index contributed by atoms with van der Waals surface area (Å²) in [5.41, 5.74) is 0.785. The molecule has 1 aliphatic rings. The molecule has 2 aromatic carbocycles. The van der Waals surface area contributed by atoms with E-state index in [2.05, 4.69) is 36.4 Å². The zero-order chi connectivity index (χ0) is 19.8. The van der Waals surface area contributed by atoms with Crippen molar-refractivity contribution in [1.29, 1.82) is 0 Å². The van der Waals surface area contributed by atoms with Crippen LogP contribution >= 0.6 is 15.9 Å². The predicted molar refractivity (Wildman–Crippen MR) is 110 cm³/mol. The molecule has 0 saturated carbocycles. The first-order valence-corrected chi connectivity index (χ1v) is 9.65. The molecule has 2 aromatic rings. The monoisotopic (exact) mass is 427 g/mol. The van der Waals surface area contributed by atoms with E-state index in [1.807, 2.05) is 12.1 Å². The second-order valence-electron chi connectivity index (χ2n) is 7.10. The highest BCUT2D eigenvalue weighted by Gasteiger charge is 2.50. The Kier molecular flexibility index (Phi) is 5.36. The minimum absolute atomic E-state index is 0.271. The fraction of sp³-hybridized carbons (Fsp3) is 0.273. The van der Waals surface area contributed by atoms with E-state index in [0.29, 0.717) is 22.7 Å². The first-order valence-electron chi connectivity index (χ1n) is 8.86. The molecule has 1 amide bonds. The lowest BCUT2D eigenvalue weighted by molar-refractivity contribution is -0.135. The second-order valence-corrected chi connectivity index (χ2v) is 8.02. The van der Waals surface area contributed by atoms with Crippen molar-refractivity contribution in [3.8, 4) is 0 Å². The SMILES string of the molecule is C=CCN1C(=O)[C@@](O)(CC(=O)c2ccc(C(C)C)cc2)c2cc(Br)ccc21. The van der Waals surface area contributed by atoms with Gasteiger partial charge < -0.3 is 10.0 Å². The third-order valence-electron chi connectivity index (χ3n) is 4.92. The van der Waals surface area contributed by atoms with Gasteiger partial charge in [0.05, 0.1) is 12.1 Å². The van der Waals surface area contributed by atoms with Gasteiger partial charge in [0.2, 0.25) is 0 Å². The van der Waals surface area contributed by atoms with Crippen molar-refractivity contribution in [1.82, 2.24) is 0 Å². The van der Waals surface area contributed by atoms with Crippen LogP contribution < -0.4 is 4.90 Å². The molecule has 0 aromatic heterocycles. The molecule has 0 saturated heterocycles. The summed E-state index contributed by atoms with van der Waals surface area (Å²) in [6, 6.07) is 12.6. The molecule has 0 radical (unpaired) electrons. The number of hydrogen-bond acceptors (Lipinski definition) is 3. The summed E-state index contributed by atoms with van der Waals surface area (Å²) in [6.45, 7) is 8.11. The van der Waals surface area contributed by atoms with E-state index in [0.717, 1.165) is 10.0 Å². The molecule has 1 heterocycles. The molecular weight excluding hydrogens is 406 g/mol. The molecule has 1 aliphatic heterocycles. The van der Waals surface area contributed by atoms with Crippen LogP contribution in [0.1, 0.15) is 47.7 Å². The third kappa shape index (κ3) is 3.49. The van der Waals surface area contributed by atoms with Crippen LogP contribution in [0.2, 0.25) is 0 Å². The molecule has 140 valence electrons. The Balaban J connectivity index is 1.95. The van der Waals surface area contributed by atoms with E-state index in [9.17, 15) is 14.7 Å². The van der Waals surface area contributed by atoms with Gasteiger partial charge in [-0.2, -0.15) is 0 Å². The molecule has 0 aliphatic carbocycles. The Morgan fingerprint density at radius 3 is 2.52 bits per heavy atom. The van der Waals surface area contributed by atoms with Crippen LogP contribution in [-0.2, 0) is 10.4 Å². The van der Waals surface area contributed by atoms with E-state index in [-0.39, 0.29) is 18.7 Å². The van der Waals surface area contributed by atoms with Gasteiger partial charge in [0.15, 0.2) is 11.4 Å². The first-order chi connectivity index (χ1) is 12.8. The highest BCUT2D eigenvalue weighted by molar-refractivity contribution is 9.10. The third-order valence-corrected chi connectivity index (χ3v) is 5.41. The maximum atomic E-state index is 13.0. The number of Topliss-reactive ketones (excluding diaryl/α,β-unsaturated/α-hetero) is 1. The van der Waals surface area contributed by atoms with Crippen molar-refractivity contribution in [2.45, 2.75) is 31.8 Å². The summed E-state index contributed by atoms with van der Waals surface area (Å²) in [5.74, 6) is -0.401. The number of amides is 1. The zero-order valence-corrected chi connectivity index (χ0v) is 17.0.